The Hall–Kier alpha value is -3.31. The number of amides is 1. The van der Waals surface area contributed by atoms with Gasteiger partial charge in [-0.1, -0.05) is 42.8 Å². The number of hydrogen-bond donors (Lipinski definition) is 2. The molecule has 0 saturated heterocycles. The molecule has 0 bridgehead atoms. The van der Waals surface area contributed by atoms with E-state index in [0.717, 1.165) is 57.2 Å². The van der Waals surface area contributed by atoms with E-state index in [1.807, 2.05) is 51.1 Å². The van der Waals surface area contributed by atoms with Gasteiger partial charge in [0.05, 0.1) is 0 Å². The molecule has 0 heterocycles. The molecule has 0 radical (unpaired) electrons. The lowest BCUT2D eigenvalue weighted by molar-refractivity contribution is -0.140. The molecule has 1 saturated carbocycles. The molecular formula is C29H31ClN2O3. The Kier molecular flexibility index (Phi) is 6.91. The van der Waals surface area contributed by atoms with E-state index in [0.29, 0.717) is 18.4 Å². The van der Waals surface area contributed by atoms with Crippen molar-refractivity contribution in [3.05, 3.63) is 81.9 Å². The number of carboxylic acid groups (broad SMARTS) is 1. The molecule has 6 heteroatoms. The van der Waals surface area contributed by atoms with Crippen LogP contribution in [0.1, 0.15) is 53.2 Å². The number of carboxylic acids is 1. The van der Waals surface area contributed by atoms with Crippen molar-refractivity contribution in [1.29, 1.82) is 0 Å². The van der Waals surface area contributed by atoms with Crippen LogP contribution in [0.15, 0.2) is 54.6 Å². The number of carbonyl (C=O) groups excluding carboxylic acids is 1. The van der Waals surface area contributed by atoms with Gasteiger partial charge in [-0.25, -0.2) is 4.79 Å². The molecular weight excluding hydrogens is 460 g/mol. The zero-order valence-electron chi connectivity index (χ0n) is 20.6. The largest absolute Gasteiger partial charge is 0.480 e. The average molecular weight is 491 g/mol. The lowest BCUT2D eigenvalue weighted by Gasteiger charge is -2.26. The molecule has 5 nitrogen and oxygen atoms in total. The lowest BCUT2D eigenvalue weighted by Crippen LogP contribution is -2.43. The Bertz CT molecular complexity index is 1270. The maximum Gasteiger partial charge on any atom is 0.329 e. The summed E-state index contributed by atoms with van der Waals surface area (Å²) in [7, 11) is 0. The van der Waals surface area contributed by atoms with E-state index in [9.17, 15) is 14.7 Å². The van der Waals surface area contributed by atoms with Crippen molar-refractivity contribution in [2.24, 2.45) is 0 Å². The quantitative estimate of drug-likeness (QED) is 0.363. The van der Waals surface area contributed by atoms with Crippen molar-refractivity contribution in [3.63, 3.8) is 0 Å². The Morgan fingerprint density at radius 1 is 0.943 bits per heavy atom. The molecule has 0 aromatic heterocycles. The zero-order chi connectivity index (χ0) is 25.3. The molecule has 1 fully saturated rings. The van der Waals surface area contributed by atoms with E-state index in [1.165, 1.54) is 0 Å². The van der Waals surface area contributed by atoms with Crippen molar-refractivity contribution >= 4 is 34.9 Å². The fourth-order valence-electron chi connectivity index (χ4n) is 4.57. The van der Waals surface area contributed by atoms with Crippen LogP contribution < -0.4 is 10.2 Å². The van der Waals surface area contributed by atoms with Crippen LogP contribution >= 0.6 is 11.6 Å². The summed E-state index contributed by atoms with van der Waals surface area (Å²) >= 11 is 6.26. The molecule has 0 unspecified atom stereocenters. The van der Waals surface area contributed by atoms with Crippen LogP contribution in [0.5, 0.6) is 0 Å². The number of nitrogens with one attached hydrogen (secondary N) is 1. The van der Waals surface area contributed by atoms with Gasteiger partial charge < -0.3 is 15.3 Å². The van der Waals surface area contributed by atoms with E-state index in [1.54, 1.807) is 0 Å². The topological polar surface area (TPSA) is 69.6 Å². The summed E-state index contributed by atoms with van der Waals surface area (Å²) in [5.41, 5.74) is 6.37. The highest BCUT2D eigenvalue weighted by atomic mass is 35.5. The van der Waals surface area contributed by atoms with Gasteiger partial charge in [-0.3, -0.25) is 4.79 Å². The minimum absolute atomic E-state index is 0.326. The third-order valence-corrected chi connectivity index (χ3v) is 7.09. The number of rotatable bonds is 8. The molecule has 0 atom stereocenters. The summed E-state index contributed by atoms with van der Waals surface area (Å²) < 4.78 is 0. The summed E-state index contributed by atoms with van der Waals surface area (Å²) in [6.45, 7) is 8.83. The third kappa shape index (κ3) is 5.06. The minimum Gasteiger partial charge on any atom is -0.480 e. The Morgan fingerprint density at radius 2 is 1.60 bits per heavy atom. The molecule has 1 aliphatic rings. The van der Waals surface area contributed by atoms with Gasteiger partial charge in [0.15, 0.2) is 0 Å². The maximum absolute atomic E-state index is 12.9. The Morgan fingerprint density at radius 3 is 2.17 bits per heavy atom. The fraction of sp³-hybridized carbons (Fsp3) is 0.310. The van der Waals surface area contributed by atoms with Crippen LogP contribution in [0.25, 0.3) is 11.1 Å². The van der Waals surface area contributed by atoms with E-state index < -0.39 is 11.5 Å². The number of hydrogen-bond acceptors (Lipinski definition) is 3. The van der Waals surface area contributed by atoms with Crippen LogP contribution in [0, 0.1) is 20.8 Å². The summed E-state index contributed by atoms with van der Waals surface area (Å²) in [6, 6.07) is 18.5. The second-order valence-electron chi connectivity index (χ2n) is 9.46. The van der Waals surface area contributed by atoms with Gasteiger partial charge >= 0.3 is 5.97 Å². The molecule has 3 aromatic carbocycles. The molecule has 1 amide bonds. The van der Waals surface area contributed by atoms with Crippen molar-refractivity contribution in [3.8, 4) is 11.1 Å². The summed E-state index contributed by atoms with van der Waals surface area (Å²) in [4.78, 5) is 26.7. The van der Waals surface area contributed by atoms with Crippen molar-refractivity contribution < 1.29 is 14.7 Å². The SMILES string of the molecule is CCCN(c1cccc(-c2cc(C)c(C(=O)NC3(C(=O)O)CC3)c(C)c2)c1)c1ccc(Cl)c(C)c1. The second-order valence-corrected chi connectivity index (χ2v) is 9.87. The molecule has 35 heavy (non-hydrogen) atoms. The van der Waals surface area contributed by atoms with Crippen LogP contribution in [-0.4, -0.2) is 29.1 Å². The third-order valence-electron chi connectivity index (χ3n) is 6.66. The van der Waals surface area contributed by atoms with Crippen molar-refractivity contribution in [2.45, 2.75) is 52.5 Å². The smallest absolute Gasteiger partial charge is 0.329 e. The van der Waals surface area contributed by atoms with Crippen LogP contribution in [0.2, 0.25) is 5.02 Å². The number of nitrogens with zero attached hydrogens (tertiary/aromatic N) is 1. The van der Waals surface area contributed by atoms with Gasteiger partial charge in [0.2, 0.25) is 0 Å². The zero-order valence-corrected chi connectivity index (χ0v) is 21.4. The standard InChI is InChI=1S/C29H31ClN2O3/c1-5-13-32(24-9-10-25(30)18(2)16-24)23-8-6-7-21(17-23)22-14-19(3)26(20(4)15-22)27(33)31-29(11-12-29)28(34)35/h6-10,14-17H,5,11-13H2,1-4H3,(H,31,33)(H,34,35). The van der Waals surface area contributed by atoms with Gasteiger partial charge in [0.25, 0.3) is 5.91 Å². The van der Waals surface area contributed by atoms with E-state index >= 15 is 0 Å². The summed E-state index contributed by atoms with van der Waals surface area (Å²) in [5.74, 6) is -1.30. The molecule has 1 aliphatic carbocycles. The number of carbonyl (C=O) groups is 2. The fourth-order valence-corrected chi connectivity index (χ4v) is 4.68. The second kappa shape index (κ2) is 9.74. The first kappa shape index (κ1) is 24.8. The Balaban J connectivity index is 1.66. The predicted molar refractivity (Wildman–Crippen MR) is 142 cm³/mol. The molecule has 2 N–H and O–H groups in total. The highest BCUT2D eigenvalue weighted by molar-refractivity contribution is 6.31. The molecule has 0 aliphatic heterocycles. The van der Waals surface area contributed by atoms with Crippen LogP contribution in [-0.2, 0) is 4.79 Å². The van der Waals surface area contributed by atoms with Gasteiger partial charge in [-0.15, -0.1) is 0 Å². The number of anilines is 2. The first-order valence-corrected chi connectivity index (χ1v) is 12.3. The molecule has 4 rings (SSSR count). The number of benzene rings is 3. The van der Waals surface area contributed by atoms with Gasteiger partial charge in [-0.05, 0) is 98.2 Å². The molecule has 3 aromatic rings. The lowest BCUT2D eigenvalue weighted by atomic mass is 9.94. The normalized spacial score (nSPS) is 13.9. The number of halogens is 1. The summed E-state index contributed by atoms with van der Waals surface area (Å²) in [5, 5.41) is 12.9. The van der Waals surface area contributed by atoms with E-state index in [2.05, 4.69) is 41.4 Å². The summed E-state index contributed by atoms with van der Waals surface area (Å²) in [6.07, 6.45) is 1.93. The first-order valence-electron chi connectivity index (χ1n) is 12.0. The first-order chi connectivity index (χ1) is 16.6. The van der Waals surface area contributed by atoms with Gasteiger partial charge in [-0.2, -0.15) is 0 Å². The molecule has 0 spiro atoms. The highest BCUT2D eigenvalue weighted by Gasteiger charge is 2.51. The number of aliphatic carboxylic acids is 1. The van der Waals surface area contributed by atoms with Crippen LogP contribution in [0.3, 0.4) is 0 Å². The van der Waals surface area contributed by atoms with Gasteiger partial charge in [0, 0.05) is 28.5 Å². The minimum atomic E-state index is -1.11. The average Bonchev–Trinajstić information content (AvgIpc) is 3.60. The number of aryl methyl sites for hydroxylation is 3. The van der Waals surface area contributed by atoms with Gasteiger partial charge in [0.1, 0.15) is 5.54 Å². The monoisotopic (exact) mass is 490 g/mol. The van der Waals surface area contributed by atoms with E-state index in [-0.39, 0.29) is 5.91 Å². The highest BCUT2D eigenvalue weighted by Crippen LogP contribution is 2.37. The predicted octanol–water partition coefficient (Wildman–Crippen LogP) is 6.83. The van der Waals surface area contributed by atoms with Crippen molar-refractivity contribution in [2.75, 3.05) is 11.4 Å². The Labute approximate surface area is 211 Å². The van der Waals surface area contributed by atoms with E-state index in [4.69, 9.17) is 11.6 Å². The van der Waals surface area contributed by atoms with Crippen molar-refractivity contribution in [1.82, 2.24) is 5.32 Å². The maximum atomic E-state index is 12.9. The molecule has 182 valence electrons. The van der Waals surface area contributed by atoms with Crippen LogP contribution in [0.4, 0.5) is 11.4 Å².